The smallest absolute Gasteiger partial charge is 0.0256 e. The highest BCUT2D eigenvalue weighted by molar-refractivity contribution is 8.00. The lowest BCUT2D eigenvalue weighted by atomic mass is 9.70. The van der Waals surface area contributed by atoms with E-state index in [9.17, 15) is 0 Å². The second kappa shape index (κ2) is 6.39. The van der Waals surface area contributed by atoms with Crippen molar-refractivity contribution in [3.63, 3.8) is 0 Å². The van der Waals surface area contributed by atoms with Gasteiger partial charge in [0.2, 0.25) is 0 Å². The maximum Gasteiger partial charge on any atom is 0.0256 e. The molecular weight excluding hydrogens is 250 g/mol. The molecule has 1 nitrogen and oxygen atoms in total. The van der Waals surface area contributed by atoms with Gasteiger partial charge in [-0.05, 0) is 75.0 Å². The molecule has 2 rings (SSSR count). The molecule has 0 radical (unpaired) electrons. The van der Waals surface area contributed by atoms with Crippen LogP contribution >= 0.6 is 11.8 Å². The summed E-state index contributed by atoms with van der Waals surface area (Å²) in [6, 6.07) is 0. The zero-order valence-corrected chi connectivity index (χ0v) is 14.2. The van der Waals surface area contributed by atoms with Crippen molar-refractivity contribution in [1.82, 2.24) is 5.32 Å². The Morgan fingerprint density at radius 3 is 2.37 bits per heavy atom. The highest BCUT2D eigenvalue weighted by Crippen LogP contribution is 2.40. The molecule has 1 saturated carbocycles. The minimum absolute atomic E-state index is 0.520. The number of rotatable bonds is 4. The van der Waals surface area contributed by atoms with Crippen LogP contribution in [0.5, 0.6) is 0 Å². The number of hydrogen-bond acceptors (Lipinski definition) is 2. The van der Waals surface area contributed by atoms with Crippen molar-refractivity contribution in [1.29, 1.82) is 0 Å². The van der Waals surface area contributed by atoms with Gasteiger partial charge in [0.15, 0.2) is 0 Å². The molecule has 1 aliphatic carbocycles. The average molecular weight is 284 g/mol. The summed E-state index contributed by atoms with van der Waals surface area (Å²) in [6.45, 7) is 12.1. The minimum atomic E-state index is 0.520. The maximum atomic E-state index is 3.77. The molecule has 1 heterocycles. The van der Waals surface area contributed by atoms with E-state index in [4.69, 9.17) is 0 Å². The van der Waals surface area contributed by atoms with Gasteiger partial charge in [-0.15, -0.1) is 0 Å². The van der Waals surface area contributed by atoms with E-state index < -0.39 is 0 Å². The molecule has 112 valence electrons. The first-order valence-electron chi connectivity index (χ1n) is 8.24. The molecule has 1 atom stereocenters. The highest BCUT2D eigenvalue weighted by atomic mass is 32.2. The summed E-state index contributed by atoms with van der Waals surface area (Å²) >= 11 is 2.17. The Morgan fingerprint density at radius 2 is 1.84 bits per heavy atom. The van der Waals surface area contributed by atoms with Crippen molar-refractivity contribution >= 4 is 11.8 Å². The number of nitrogens with one attached hydrogen (secondary N) is 1. The van der Waals surface area contributed by atoms with Crippen molar-refractivity contribution in [3.05, 3.63) is 0 Å². The maximum absolute atomic E-state index is 3.77. The lowest BCUT2D eigenvalue weighted by Gasteiger charge is -2.37. The summed E-state index contributed by atoms with van der Waals surface area (Å²) in [7, 11) is 0. The van der Waals surface area contributed by atoms with E-state index in [2.05, 4.69) is 44.8 Å². The SMILES string of the molecule is CC1(CNCC2CCC(C(C)(C)C)CC2)CCCS1. The largest absolute Gasteiger partial charge is 0.315 e. The van der Waals surface area contributed by atoms with Gasteiger partial charge in [0.1, 0.15) is 0 Å². The molecule has 1 aliphatic heterocycles. The van der Waals surface area contributed by atoms with Crippen LogP contribution in [0.4, 0.5) is 0 Å². The first kappa shape index (κ1) is 15.7. The van der Waals surface area contributed by atoms with E-state index in [0.29, 0.717) is 10.2 Å². The molecule has 0 amide bonds. The zero-order chi connectivity index (χ0) is 13.9. The Balaban J connectivity index is 1.63. The average Bonchev–Trinajstić information content (AvgIpc) is 2.76. The number of thioether (sulfide) groups is 1. The predicted molar refractivity (Wildman–Crippen MR) is 87.9 cm³/mol. The summed E-state index contributed by atoms with van der Waals surface area (Å²) < 4.78 is 0.530. The standard InChI is InChI=1S/C17H33NS/c1-16(2,3)15-8-6-14(7-9-15)12-18-13-17(4)10-5-11-19-17/h14-15,18H,5-13H2,1-4H3. The molecule has 0 bridgehead atoms. The molecule has 19 heavy (non-hydrogen) atoms. The second-order valence-corrected chi connectivity index (χ2v) is 9.80. The van der Waals surface area contributed by atoms with Gasteiger partial charge in [-0.1, -0.05) is 20.8 Å². The van der Waals surface area contributed by atoms with Crippen LogP contribution in [0.2, 0.25) is 0 Å². The molecule has 1 saturated heterocycles. The van der Waals surface area contributed by atoms with Gasteiger partial charge in [0.25, 0.3) is 0 Å². The molecule has 2 aliphatic rings. The molecule has 2 fully saturated rings. The Bertz CT molecular complexity index is 267. The molecule has 0 spiro atoms. The molecule has 1 unspecified atom stereocenters. The van der Waals surface area contributed by atoms with Crippen LogP contribution in [0.25, 0.3) is 0 Å². The van der Waals surface area contributed by atoms with Crippen molar-refractivity contribution in [2.45, 2.75) is 71.0 Å². The van der Waals surface area contributed by atoms with Gasteiger partial charge in [0.05, 0.1) is 0 Å². The van der Waals surface area contributed by atoms with Crippen molar-refractivity contribution in [3.8, 4) is 0 Å². The monoisotopic (exact) mass is 283 g/mol. The zero-order valence-electron chi connectivity index (χ0n) is 13.4. The normalized spacial score (nSPS) is 36.6. The quantitative estimate of drug-likeness (QED) is 0.801. The predicted octanol–water partition coefficient (Wildman–Crippen LogP) is 4.71. The van der Waals surface area contributed by atoms with Crippen LogP contribution < -0.4 is 5.32 Å². The summed E-state index contributed by atoms with van der Waals surface area (Å²) in [5.41, 5.74) is 0.520. The topological polar surface area (TPSA) is 12.0 Å². The van der Waals surface area contributed by atoms with Gasteiger partial charge in [0, 0.05) is 11.3 Å². The first-order chi connectivity index (χ1) is 8.89. The van der Waals surface area contributed by atoms with E-state index in [1.54, 1.807) is 0 Å². The van der Waals surface area contributed by atoms with Gasteiger partial charge in [-0.2, -0.15) is 11.8 Å². The van der Waals surface area contributed by atoms with Crippen LogP contribution in [0.1, 0.15) is 66.2 Å². The van der Waals surface area contributed by atoms with E-state index in [1.165, 1.54) is 57.4 Å². The third-order valence-corrected chi connectivity index (χ3v) is 6.84. The van der Waals surface area contributed by atoms with Crippen LogP contribution in [-0.4, -0.2) is 23.6 Å². The fourth-order valence-corrected chi connectivity index (χ4v) is 5.02. The second-order valence-electron chi connectivity index (χ2n) is 8.12. The highest BCUT2D eigenvalue weighted by Gasteiger charge is 2.31. The van der Waals surface area contributed by atoms with E-state index in [0.717, 1.165) is 11.8 Å². The first-order valence-corrected chi connectivity index (χ1v) is 9.22. The van der Waals surface area contributed by atoms with Crippen LogP contribution in [0, 0.1) is 17.3 Å². The van der Waals surface area contributed by atoms with E-state index in [-0.39, 0.29) is 0 Å². The van der Waals surface area contributed by atoms with Crippen LogP contribution in [-0.2, 0) is 0 Å². The summed E-state index contributed by atoms with van der Waals surface area (Å²) in [6.07, 6.45) is 8.60. The van der Waals surface area contributed by atoms with Crippen molar-refractivity contribution in [2.24, 2.45) is 17.3 Å². The van der Waals surface area contributed by atoms with Crippen molar-refractivity contribution in [2.75, 3.05) is 18.8 Å². The molecular formula is C17H33NS. The molecule has 0 aromatic carbocycles. The molecule has 0 aromatic rings. The Labute approximate surface area is 124 Å². The van der Waals surface area contributed by atoms with Gasteiger partial charge < -0.3 is 5.32 Å². The molecule has 0 aromatic heterocycles. The summed E-state index contributed by atoms with van der Waals surface area (Å²) in [5.74, 6) is 3.26. The Morgan fingerprint density at radius 1 is 1.16 bits per heavy atom. The third kappa shape index (κ3) is 4.67. The Hall–Kier alpha value is 0.310. The third-order valence-electron chi connectivity index (χ3n) is 5.30. The van der Waals surface area contributed by atoms with Crippen molar-refractivity contribution < 1.29 is 0 Å². The number of hydrogen-bond donors (Lipinski definition) is 1. The fraction of sp³-hybridized carbons (Fsp3) is 1.00. The Kier molecular flexibility index (Phi) is 5.28. The summed E-state index contributed by atoms with van der Waals surface area (Å²) in [4.78, 5) is 0. The lowest BCUT2D eigenvalue weighted by Crippen LogP contribution is -2.37. The van der Waals surface area contributed by atoms with Crippen LogP contribution in [0.15, 0.2) is 0 Å². The van der Waals surface area contributed by atoms with Crippen LogP contribution in [0.3, 0.4) is 0 Å². The molecule has 1 N–H and O–H groups in total. The molecule has 2 heteroatoms. The van der Waals surface area contributed by atoms with Gasteiger partial charge >= 0.3 is 0 Å². The van der Waals surface area contributed by atoms with Gasteiger partial charge in [-0.3, -0.25) is 0 Å². The van der Waals surface area contributed by atoms with Gasteiger partial charge in [-0.25, -0.2) is 0 Å². The summed E-state index contributed by atoms with van der Waals surface area (Å²) in [5, 5.41) is 3.77. The lowest BCUT2D eigenvalue weighted by molar-refractivity contribution is 0.149. The minimum Gasteiger partial charge on any atom is -0.315 e. The van der Waals surface area contributed by atoms with E-state index in [1.807, 2.05) is 0 Å². The fourth-order valence-electron chi connectivity index (χ4n) is 3.75. The van der Waals surface area contributed by atoms with E-state index >= 15 is 0 Å².